The molecule has 21 heavy (non-hydrogen) atoms. The Morgan fingerprint density at radius 3 is 3.05 bits per heavy atom. The maximum Gasteiger partial charge on any atom is 0.242 e. The van der Waals surface area contributed by atoms with Gasteiger partial charge in [-0.25, -0.2) is 4.39 Å². The van der Waals surface area contributed by atoms with Crippen molar-refractivity contribution >= 4 is 32.2 Å². The third-order valence-electron chi connectivity index (χ3n) is 2.94. The molecule has 1 unspecified atom stereocenters. The molecule has 0 aliphatic rings. The number of hydrogen-bond donors (Lipinski definition) is 1. The van der Waals surface area contributed by atoms with E-state index in [9.17, 15) is 4.39 Å². The zero-order valence-corrected chi connectivity index (χ0v) is 13.6. The van der Waals surface area contributed by atoms with Crippen LogP contribution >= 0.6 is 27.3 Å². The topological polar surface area (TPSA) is 52.5 Å². The van der Waals surface area contributed by atoms with Crippen LogP contribution in [0.3, 0.4) is 0 Å². The number of hydrogen-bond acceptors (Lipinski definition) is 4. The fourth-order valence-corrected chi connectivity index (χ4v) is 3.10. The van der Waals surface area contributed by atoms with Crippen molar-refractivity contribution in [2.45, 2.75) is 19.4 Å². The van der Waals surface area contributed by atoms with Crippen LogP contribution in [0.1, 0.15) is 12.6 Å². The Morgan fingerprint density at radius 1 is 1.52 bits per heavy atom. The molecule has 1 atom stereocenters. The number of aromatic nitrogens is 2. The van der Waals surface area contributed by atoms with Gasteiger partial charge in [0.2, 0.25) is 5.88 Å². The molecular formula is C14H13BrFN3OS. The summed E-state index contributed by atoms with van der Waals surface area (Å²) in [4.78, 5) is 5.21. The number of benzene rings is 1. The van der Waals surface area contributed by atoms with E-state index < -0.39 is 5.82 Å². The van der Waals surface area contributed by atoms with E-state index in [-0.39, 0.29) is 11.8 Å². The van der Waals surface area contributed by atoms with E-state index in [1.54, 1.807) is 12.1 Å². The summed E-state index contributed by atoms with van der Waals surface area (Å²) in [6.45, 7) is 1.91. The molecule has 0 radical (unpaired) electrons. The molecule has 1 aromatic carbocycles. The van der Waals surface area contributed by atoms with Gasteiger partial charge in [0.1, 0.15) is 0 Å². The van der Waals surface area contributed by atoms with E-state index >= 15 is 0 Å². The molecule has 110 valence electrons. The maximum absolute atomic E-state index is 13.9. The zero-order valence-electron chi connectivity index (χ0n) is 11.2. The molecule has 3 aromatic rings. The Kier molecular flexibility index (Phi) is 3.97. The van der Waals surface area contributed by atoms with Gasteiger partial charge in [0, 0.05) is 28.5 Å². The first-order chi connectivity index (χ1) is 10.0. The van der Waals surface area contributed by atoms with Crippen molar-refractivity contribution in [1.29, 1.82) is 0 Å². The average Bonchev–Trinajstić information content (AvgIpc) is 2.96. The highest BCUT2D eigenvalue weighted by atomic mass is 79.9. The second-order valence-corrected chi connectivity index (χ2v) is 6.57. The van der Waals surface area contributed by atoms with Crippen molar-refractivity contribution in [2.24, 2.45) is 5.73 Å². The second kappa shape index (κ2) is 5.75. The summed E-state index contributed by atoms with van der Waals surface area (Å²) in [5, 5.41) is 1.94. The van der Waals surface area contributed by atoms with Crippen molar-refractivity contribution in [3.63, 3.8) is 0 Å². The maximum atomic E-state index is 13.9. The third kappa shape index (κ3) is 2.95. The van der Waals surface area contributed by atoms with E-state index in [1.165, 1.54) is 17.4 Å². The predicted molar refractivity (Wildman–Crippen MR) is 84.6 cm³/mol. The second-order valence-electron chi connectivity index (χ2n) is 4.78. The van der Waals surface area contributed by atoms with E-state index in [0.717, 1.165) is 10.7 Å². The lowest BCUT2D eigenvalue weighted by Gasteiger charge is -2.09. The molecule has 0 aliphatic heterocycles. The Hall–Kier alpha value is -1.44. The van der Waals surface area contributed by atoms with Crippen LogP contribution in [-0.4, -0.2) is 15.4 Å². The Bertz CT molecular complexity index is 784. The highest BCUT2D eigenvalue weighted by molar-refractivity contribution is 9.10. The number of imidazole rings is 1. The van der Waals surface area contributed by atoms with E-state index in [1.807, 2.05) is 22.9 Å². The molecule has 0 aliphatic carbocycles. The molecule has 2 aromatic heterocycles. The van der Waals surface area contributed by atoms with E-state index in [4.69, 9.17) is 10.5 Å². The Balaban J connectivity index is 2.01. The first kappa shape index (κ1) is 14.5. The summed E-state index contributed by atoms with van der Waals surface area (Å²) in [5.74, 6) is 0.114. The van der Waals surface area contributed by atoms with Crippen LogP contribution in [0, 0.1) is 5.82 Å². The van der Waals surface area contributed by atoms with Gasteiger partial charge >= 0.3 is 0 Å². The first-order valence-corrected chi connectivity index (χ1v) is 8.05. The molecule has 0 fully saturated rings. The number of rotatable bonds is 4. The zero-order chi connectivity index (χ0) is 15.0. The number of halogens is 2. The summed E-state index contributed by atoms with van der Waals surface area (Å²) >= 11 is 4.72. The number of thiazole rings is 1. The minimum absolute atomic E-state index is 0.0399. The fraction of sp³-hybridized carbons (Fsp3) is 0.214. The van der Waals surface area contributed by atoms with Gasteiger partial charge in [0.25, 0.3) is 0 Å². The van der Waals surface area contributed by atoms with Gasteiger partial charge in [-0.2, -0.15) is 4.98 Å². The Morgan fingerprint density at radius 2 is 2.33 bits per heavy atom. The summed E-state index contributed by atoms with van der Waals surface area (Å²) < 4.78 is 22.2. The van der Waals surface area contributed by atoms with Crippen molar-refractivity contribution < 1.29 is 9.13 Å². The van der Waals surface area contributed by atoms with Crippen LogP contribution in [-0.2, 0) is 6.42 Å². The van der Waals surface area contributed by atoms with Crippen LogP contribution in [0.2, 0.25) is 0 Å². The van der Waals surface area contributed by atoms with Crippen molar-refractivity contribution in [2.75, 3.05) is 0 Å². The van der Waals surface area contributed by atoms with Crippen molar-refractivity contribution in [3.05, 3.63) is 45.8 Å². The molecule has 2 N–H and O–H groups in total. The minimum Gasteiger partial charge on any atom is -0.434 e. The highest BCUT2D eigenvalue weighted by Gasteiger charge is 2.18. The summed E-state index contributed by atoms with van der Waals surface area (Å²) in [7, 11) is 0. The molecule has 3 rings (SSSR count). The van der Waals surface area contributed by atoms with Gasteiger partial charge in [-0.3, -0.25) is 4.40 Å². The number of ether oxygens (including phenoxy) is 1. The molecule has 2 heterocycles. The van der Waals surface area contributed by atoms with Gasteiger partial charge in [0.15, 0.2) is 16.5 Å². The number of nitrogens with two attached hydrogens (primary N) is 1. The molecular weight excluding hydrogens is 357 g/mol. The number of nitrogens with zero attached hydrogens (tertiary/aromatic N) is 2. The minimum atomic E-state index is -0.438. The lowest BCUT2D eigenvalue weighted by molar-refractivity contribution is 0.423. The first-order valence-electron chi connectivity index (χ1n) is 6.37. The van der Waals surface area contributed by atoms with Gasteiger partial charge < -0.3 is 10.5 Å². The molecule has 0 saturated heterocycles. The summed E-state index contributed by atoms with van der Waals surface area (Å²) in [5.41, 5.74) is 6.73. The molecule has 0 spiro atoms. The summed E-state index contributed by atoms with van der Waals surface area (Å²) in [6.07, 6.45) is 2.51. The highest BCUT2D eigenvalue weighted by Crippen LogP contribution is 2.31. The van der Waals surface area contributed by atoms with Crippen molar-refractivity contribution in [3.8, 4) is 11.6 Å². The third-order valence-corrected chi connectivity index (χ3v) is 4.19. The standard InChI is InChI=1S/C14H13BrFN3OS/c1-8(17)6-11-13(18-14-19(11)4-5-21-14)20-12-3-2-9(15)7-10(12)16/h2-5,7-8H,6,17H2,1H3. The SMILES string of the molecule is CC(N)Cc1c(Oc2ccc(Br)cc2F)nc2sccn12. The monoisotopic (exact) mass is 369 g/mol. The predicted octanol–water partition coefficient (Wildman–Crippen LogP) is 3.98. The fourth-order valence-electron chi connectivity index (χ4n) is 2.05. The quantitative estimate of drug-likeness (QED) is 0.756. The van der Waals surface area contributed by atoms with Crippen LogP contribution in [0.4, 0.5) is 4.39 Å². The van der Waals surface area contributed by atoms with Crippen LogP contribution < -0.4 is 10.5 Å². The van der Waals surface area contributed by atoms with E-state index in [0.29, 0.717) is 16.8 Å². The molecule has 0 amide bonds. The largest absolute Gasteiger partial charge is 0.434 e. The van der Waals surface area contributed by atoms with Crippen LogP contribution in [0.15, 0.2) is 34.2 Å². The lowest BCUT2D eigenvalue weighted by atomic mass is 10.2. The van der Waals surface area contributed by atoms with E-state index in [2.05, 4.69) is 20.9 Å². The average molecular weight is 370 g/mol. The van der Waals surface area contributed by atoms with Gasteiger partial charge in [0.05, 0.1) is 5.69 Å². The van der Waals surface area contributed by atoms with Crippen LogP contribution in [0.5, 0.6) is 11.6 Å². The molecule has 7 heteroatoms. The normalized spacial score (nSPS) is 12.8. The molecule has 0 bridgehead atoms. The van der Waals surface area contributed by atoms with Gasteiger partial charge in [-0.05, 0) is 25.1 Å². The van der Waals surface area contributed by atoms with Gasteiger partial charge in [-0.15, -0.1) is 11.3 Å². The summed E-state index contributed by atoms with van der Waals surface area (Å²) in [6, 6.07) is 4.62. The van der Waals surface area contributed by atoms with Crippen LogP contribution in [0.25, 0.3) is 4.96 Å². The smallest absolute Gasteiger partial charge is 0.242 e. The Labute approximate surface area is 133 Å². The number of fused-ring (bicyclic) bond motifs is 1. The lowest BCUT2D eigenvalue weighted by Crippen LogP contribution is -2.19. The van der Waals surface area contributed by atoms with Crippen molar-refractivity contribution in [1.82, 2.24) is 9.38 Å². The molecule has 4 nitrogen and oxygen atoms in total. The van der Waals surface area contributed by atoms with Gasteiger partial charge in [-0.1, -0.05) is 15.9 Å². The molecule has 0 saturated carbocycles.